The average Bonchev–Trinajstić information content (AvgIpc) is 3.84. The lowest BCUT2D eigenvalue weighted by atomic mass is 10.1. The molecule has 4 aromatic carbocycles. The molecular formula is C35H26Cl5F2O11P. The molecule has 0 amide bonds. The summed E-state index contributed by atoms with van der Waals surface area (Å²) in [4.78, 5) is 12.7. The Hall–Kier alpha value is -3.33. The van der Waals surface area contributed by atoms with Crippen LogP contribution in [-0.4, -0.2) is 33.1 Å². The number of alkyl halides is 2. The van der Waals surface area contributed by atoms with Crippen LogP contribution in [0.2, 0.25) is 25.1 Å². The van der Waals surface area contributed by atoms with Gasteiger partial charge in [0.1, 0.15) is 10.0 Å². The number of fused-ring (bicyclic) bond motifs is 2. The number of ether oxygens (including phenoxy) is 7. The van der Waals surface area contributed by atoms with E-state index in [-0.39, 0.29) is 63.2 Å². The predicted molar refractivity (Wildman–Crippen MR) is 195 cm³/mol. The summed E-state index contributed by atoms with van der Waals surface area (Å²) in [5.74, 6) is 0.826. The number of allylic oxidation sites excluding steroid dienone is 1. The third-order valence-electron chi connectivity index (χ3n) is 7.76. The van der Waals surface area contributed by atoms with Crippen LogP contribution in [0.5, 0.6) is 28.7 Å². The first kappa shape index (κ1) is 40.3. The van der Waals surface area contributed by atoms with Crippen LogP contribution in [-0.2, 0) is 46.8 Å². The molecule has 2 aliphatic rings. The molecular weight excluding hydrogens is 843 g/mol. The van der Waals surface area contributed by atoms with Gasteiger partial charge in [0.2, 0.25) is 13.6 Å². The van der Waals surface area contributed by atoms with Gasteiger partial charge >= 0.3 is 19.2 Å². The molecule has 0 saturated heterocycles. The van der Waals surface area contributed by atoms with E-state index in [1.54, 1.807) is 36.4 Å². The lowest BCUT2D eigenvalue weighted by Gasteiger charge is -2.26. The van der Waals surface area contributed by atoms with E-state index < -0.39 is 38.4 Å². The third-order valence-corrected chi connectivity index (χ3v) is 11.8. The minimum atomic E-state index is -5.35. The highest BCUT2D eigenvalue weighted by Gasteiger charge is 2.55. The Morgan fingerprint density at radius 1 is 0.722 bits per heavy atom. The maximum atomic E-state index is 16.1. The summed E-state index contributed by atoms with van der Waals surface area (Å²) in [7, 11) is -5.35. The molecule has 0 saturated carbocycles. The molecule has 0 radical (unpaired) electrons. The number of benzene rings is 4. The molecule has 11 nitrogen and oxygen atoms in total. The molecule has 0 N–H and O–H groups in total. The Labute approximate surface area is 331 Å². The number of hydrogen-bond acceptors (Lipinski definition) is 11. The molecule has 6 rings (SSSR count). The molecule has 286 valence electrons. The Kier molecular flexibility index (Phi) is 12.9. The molecule has 0 aliphatic carbocycles. The van der Waals surface area contributed by atoms with Gasteiger partial charge in [0.05, 0.1) is 28.3 Å². The molecule has 0 unspecified atom stereocenters. The van der Waals surface area contributed by atoms with Crippen molar-refractivity contribution >= 4 is 77.1 Å². The van der Waals surface area contributed by atoms with E-state index in [9.17, 15) is 9.36 Å². The van der Waals surface area contributed by atoms with Crippen molar-refractivity contribution in [3.8, 4) is 28.7 Å². The fourth-order valence-electron chi connectivity index (χ4n) is 4.95. The zero-order valence-electron chi connectivity index (χ0n) is 27.7. The van der Waals surface area contributed by atoms with Crippen LogP contribution in [0.3, 0.4) is 0 Å². The van der Waals surface area contributed by atoms with Crippen molar-refractivity contribution in [3.05, 3.63) is 114 Å². The Morgan fingerprint density at radius 3 is 1.69 bits per heavy atom. The van der Waals surface area contributed by atoms with E-state index in [1.165, 1.54) is 19.1 Å². The standard InChI is InChI=1S/C35H26Cl5F2O11P/c1-19(10-28(43)53-34-32(39)30(37)29(36)31(38)33(34)40)22-4-6-23(7-5-22)35(41,42)54(44,51-15-45-13-20-2-8-24-26(11-20)49-17-47-24)52-16-46-14-21-3-9-25-27(12-21)50-18-48-25/h2-12H,13-18H2,1H3. The Balaban J connectivity index is 1.14. The van der Waals surface area contributed by atoms with Gasteiger partial charge < -0.3 is 33.2 Å². The first-order valence-corrected chi connectivity index (χ1v) is 18.9. The van der Waals surface area contributed by atoms with Crippen LogP contribution in [0, 0.1) is 0 Å². The zero-order chi connectivity index (χ0) is 38.6. The lowest BCUT2D eigenvalue weighted by Crippen LogP contribution is -2.20. The molecule has 4 aromatic rings. The van der Waals surface area contributed by atoms with Gasteiger partial charge in [-0.2, -0.15) is 8.78 Å². The van der Waals surface area contributed by atoms with E-state index in [2.05, 4.69) is 0 Å². The van der Waals surface area contributed by atoms with Crippen molar-refractivity contribution in [2.75, 3.05) is 27.2 Å². The van der Waals surface area contributed by atoms with Gasteiger partial charge in [-0.05, 0) is 53.5 Å². The first-order chi connectivity index (χ1) is 25.8. The van der Waals surface area contributed by atoms with Crippen LogP contribution < -0.4 is 23.7 Å². The second kappa shape index (κ2) is 17.2. The lowest BCUT2D eigenvalue weighted by molar-refractivity contribution is -0.128. The summed E-state index contributed by atoms with van der Waals surface area (Å²) in [5.41, 5.74) is -3.07. The maximum Gasteiger partial charge on any atom is 0.408 e. The van der Waals surface area contributed by atoms with Gasteiger partial charge in [0.15, 0.2) is 42.3 Å². The fourth-order valence-corrected chi connectivity index (χ4v) is 7.44. The van der Waals surface area contributed by atoms with Crippen LogP contribution in [0.15, 0.2) is 66.7 Å². The van der Waals surface area contributed by atoms with Gasteiger partial charge in [-0.1, -0.05) is 94.4 Å². The quantitative estimate of drug-likeness (QED) is 0.0166. The number of esters is 1. The molecule has 2 heterocycles. The zero-order valence-corrected chi connectivity index (χ0v) is 32.4. The van der Waals surface area contributed by atoms with Gasteiger partial charge in [-0.3, -0.25) is 13.6 Å². The molecule has 19 heteroatoms. The predicted octanol–water partition coefficient (Wildman–Crippen LogP) is 11.0. The maximum absolute atomic E-state index is 16.1. The summed E-state index contributed by atoms with van der Waals surface area (Å²) < 4.78 is 93.8. The van der Waals surface area contributed by atoms with Crippen molar-refractivity contribution < 1.29 is 60.3 Å². The molecule has 54 heavy (non-hydrogen) atoms. The third kappa shape index (κ3) is 8.87. The van der Waals surface area contributed by atoms with E-state index in [4.69, 9.17) is 100 Å². The van der Waals surface area contributed by atoms with Gasteiger partial charge in [-0.25, -0.2) is 4.79 Å². The SMILES string of the molecule is CC(=CC(=O)Oc1c(Cl)c(Cl)c(Cl)c(Cl)c1Cl)c1ccc(C(F)(F)P(=O)(OCOCc2ccc3c(c2)OCO3)OCOCc2ccc3c(c2)OCO3)cc1. The highest BCUT2D eigenvalue weighted by Crippen LogP contribution is 2.67. The van der Waals surface area contributed by atoms with Gasteiger partial charge in [-0.15, -0.1) is 0 Å². The average molecular weight is 869 g/mol. The topological polar surface area (TPSA) is 117 Å². The minimum absolute atomic E-state index is 0.0683. The number of halogens is 7. The van der Waals surface area contributed by atoms with E-state index in [1.807, 2.05) is 0 Å². The van der Waals surface area contributed by atoms with Crippen LogP contribution in [0.1, 0.15) is 29.2 Å². The monoisotopic (exact) mass is 866 g/mol. The largest absolute Gasteiger partial charge is 0.454 e. The molecule has 0 aromatic heterocycles. The summed E-state index contributed by atoms with van der Waals surface area (Å²) in [6.07, 6.45) is 1.06. The normalized spacial score (nSPS) is 13.7. The van der Waals surface area contributed by atoms with Crippen molar-refractivity contribution in [2.24, 2.45) is 0 Å². The van der Waals surface area contributed by atoms with E-state index in [0.29, 0.717) is 39.7 Å². The highest BCUT2D eigenvalue weighted by atomic mass is 35.5. The first-order valence-electron chi connectivity index (χ1n) is 15.5. The van der Waals surface area contributed by atoms with Crippen molar-refractivity contribution in [1.29, 1.82) is 0 Å². The van der Waals surface area contributed by atoms with Crippen molar-refractivity contribution in [1.82, 2.24) is 0 Å². The molecule has 0 spiro atoms. The summed E-state index contributed by atoms with van der Waals surface area (Å²) >= 11 is 30.3. The van der Waals surface area contributed by atoms with Gasteiger partial charge in [0, 0.05) is 11.6 Å². The van der Waals surface area contributed by atoms with Crippen LogP contribution in [0.25, 0.3) is 5.57 Å². The van der Waals surface area contributed by atoms with Gasteiger partial charge in [0.25, 0.3) is 0 Å². The van der Waals surface area contributed by atoms with Crippen LogP contribution >= 0.6 is 65.6 Å². The van der Waals surface area contributed by atoms with Crippen LogP contribution in [0.4, 0.5) is 8.78 Å². The number of rotatable bonds is 15. The molecule has 2 aliphatic heterocycles. The summed E-state index contributed by atoms with van der Waals surface area (Å²) in [6.45, 7) is -0.194. The number of carbonyl (C=O) groups excluding carboxylic acids is 1. The Morgan fingerprint density at radius 2 is 1.19 bits per heavy atom. The molecule has 0 bridgehead atoms. The number of carbonyl (C=O) groups is 1. The minimum Gasteiger partial charge on any atom is -0.454 e. The molecule has 0 fully saturated rings. The second-order valence-electron chi connectivity index (χ2n) is 11.3. The van der Waals surface area contributed by atoms with Crippen molar-refractivity contribution in [3.63, 3.8) is 0 Å². The Bertz CT molecular complexity index is 2040. The summed E-state index contributed by atoms with van der Waals surface area (Å²) in [5, 5.41) is -0.962. The van der Waals surface area contributed by atoms with E-state index in [0.717, 1.165) is 18.2 Å². The molecule has 0 atom stereocenters. The second-order valence-corrected chi connectivity index (χ2v) is 15.3. The summed E-state index contributed by atoms with van der Waals surface area (Å²) in [6, 6.07) is 14.6. The van der Waals surface area contributed by atoms with E-state index >= 15 is 8.78 Å². The smallest absolute Gasteiger partial charge is 0.408 e. The van der Waals surface area contributed by atoms with Crippen molar-refractivity contribution in [2.45, 2.75) is 25.8 Å². The number of hydrogen-bond donors (Lipinski definition) is 0. The fraction of sp³-hybridized carbons (Fsp3) is 0.229. The highest BCUT2D eigenvalue weighted by molar-refractivity contribution is 7.54.